The summed E-state index contributed by atoms with van der Waals surface area (Å²) in [4.78, 5) is 12.0. The Morgan fingerprint density at radius 2 is 2.17 bits per heavy atom. The van der Waals surface area contributed by atoms with Gasteiger partial charge in [0.2, 0.25) is 0 Å². The smallest absolute Gasteiger partial charge is 0.256 e. The fourth-order valence-electron chi connectivity index (χ4n) is 1.40. The van der Waals surface area contributed by atoms with Gasteiger partial charge >= 0.3 is 0 Å². The second-order valence-electron chi connectivity index (χ2n) is 3.74. The summed E-state index contributed by atoms with van der Waals surface area (Å²) in [5, 5.41) is 9.63. The topological polar surface area (TPSA) is 83.8 Å². The van der Waals surface area contributed by atoms with E-state index in [-0.39, 0.29) is 21.6 Å². The predicted molar refractivity (Wildman–Crippen MR) is 72.2 cm³/mol. The quantitative estimate of drug-likeness (QED) is 0.742. The van der Waals surface area contributed by atoms with Crippen LogP contribution in [-0.2, 0) is 0 Å². The highest BCUT2D eigenvalue weighted by Crippen LogP contribution is 2.29. The van der Waals surface area contributed by atoms with E-state index in [9.17, 15) is 4.79 Å². The maximum Gasteiger partial charge on any atom is 0.256 e. The third-order valence-electron chi connectivity index (χ3n) is 2.39. The molecule has 2 rings (SSSR count). The molecule has 1 heterocycles. The largest absolute Gasteiger partial charge is 0.397 e. The molecular formula is C11H10Cl2N4O. The normalized spacial score (nSPS) is 10.4. The fourth-order valence-corrected chi connectivity index (χ4v) is 1.74. The number of benzene rings is 1. The molecule has 1 amide bonds. The number of hydrogen-bond donors (Lipinski definition) is 3. The van der Waals surface area contributed by atoms with Gasteiger partial charge in [0.1, 0.15) is 5.82 Å². The van der Waals surface area contributed by atoms with Gasteiger partial charge in [0.25, 0.3) is 5.91 Å². The molecule has 7 heteroatoms. The lowest BCUT2D eigenvalue weighted by Crippen LogP contribution is -2.13. The van der Waals surface area contributed by atoms with Gasteiger partial charge < -0.3 is 11.1 Å². The summed E-state index contributed by atoms with van der Waals surface area (Å²) in [5.41, 5.74) is 7.07. The second kappa shape index (κ2) is 4.88. The third kappa shape index (κ3) is 2.42. The van der Waals surface area contributed by atoms with E-state index in [0.29, 0.717) is 11.4 Å². The molecule has 1 aromatic carbocycles. The molecule has 94 valence electrons. The van der Waals surface area contributed by atoms with Crippen LogP contribution >= 0.6 is 23.2 Å². The summed E-state index contributed by atoms with van der Waals surface area (Å²) in [7, 11) is 0. The van der Waals surface area contributed by atoms with E-state index < -0.39 is 0 Å². The Balaban J connectivity index is 2.27. The lowest BCUT2D eigenvalue weighted by molar-refractivity contribution is 0.102. The van der Waals surface area contributed by atoms with Crippen molar-refractivity contribution >= 4 is 40.6 Å². The number of amides is 1. The minimum atomic E-state index is -0.340. The van der Waals surface area contributed by atoms with Crippen LogP contribution in [0.2, 0.25) is 10.0 Å². The van der Waals surface area contributed by atoms with E-state index in [1.165, 1.54) is 12.1 Å². The molecule has 0 spiro atoms. The first-order valence-corrected chi connectivity index (χ1v) is 5.80. The van der Waals surface area contributed by atoms with Crippen molar-refractivity contribution in [1.29, 1.82) is 0 Å². The number of nitrogens with zero attached hydrogens (tertiary/aromatic N) is 1. The van der Waals surface area contributed by atoms with Crippen molar-refractivity contribution in [2.75, 3.05) is 11.1 Å². The molecular weight excluding hydrogens is 275 g/mol. The molecule has 0 saturated carbocycles. The highest BCUT2D eigenvalue weighted by Gasteiger charge is 2.12. The first-order valence-electron chi connectivity index (χ1n) is 5.05. The van der Waals surface area contributed by atoms with Crippen molar-refractivity contribution in [2.45, 2.75) is 6.92 Å². The zero-order chi connectivity index (χ0) is 13.3. The van der Waals surface area contributed by atoms with Gasteiger partial charge in [-0.15, -0.1) is 0 Å². The first-order chi connectivity index (χ1) is 8.49. The Labute approximate surface area is 113 Å². The minimum Gasteiger partial charge on any atom is -0.397 e. The lowest BCUT2D eigenvalue weighted by atomic mass is 10.2. The molecule has 0 fully saturated rings. The molecule has 0 aliphatic heterocycles. The number of aromatic nitrogens is 2. The molecule has 0 aliphatic carbocycles. The number of rotatable bonds is 2. The van der Waals surface area contributed by atoms with Gasteiger partial charge in [0.05, 0.1) is 21.9 Å². The number of hydrogen-bond acceptors (Lipinski definition) is 3. The van der Waals surface area contributed by atoms with Crippen LogP contribution in [0.25, 0.3) is 0 Å². The predicted octanol–water partition coefficient (Wildman–Crippen LogP) is 2.86. The van der Waals surface area contributed by atoms with Crippen LogP contribution in [0.15, 0.2) is 18.3 Å². The van der Waals surface area contributed by atoms with Crippen LogP contribution in [0.3, 0.4) is 0 Å². The average Bonchev–Trinajstić information content (AvgIpc) is 2.71. The monoisotopic (exact) mass is 284 g/mol. The zero-order valence-electron chi connectivity index (χ0n) is 9.42. The van der Waals surface area contributed by atoms with Gasteiger partial charge in [-0.3, -0.25) is 9.89 Å². The van der Waals surface area contributed by atoms with Gasteiger partial charge in [0.15, 0.2) is 0 Å². The van der Waals surface area contributed by atoms with E-state index in [4.69, 9.17) is 28.9 Å². The SMILES string of the molecule is Cc1cn[nH]c1NC(=O)c1cc(N)c(Cl)c(Cl)c1. The summed E-state index contributed by atoms with van der Waals surface area (Å²) in [6.45, 7) is 1.82. The van der Waals surface area contributed by atoms with E-state index >= 15 is 0 Å². The fraction of sp³-hybridized carbons (Fsp3) is 0.0909. The van der Waals surface area contributed by atoms with Crippen LogP contribution in [0.5, 0.6) is 0 Å². The molecule has 0 unspecified atom stereocenters. The number of halogens is 2. The highest BCUT2D eigenvalue weighted by atomic mass is 35.5. The summed E-state index contributed by atoms with van der Waals surface area (Å²) >= 11 is 11.7. The first kappa shape index (κ1) is 12.7. The molecule has 0 atom stereocenters. The third-order valence-corrected chi connectivity index (χ3v) is 3.20. The number of H-pyrrole nitrogens is 1. The van der Waals surface area contributed by atoms with Crippen molar-refractivity contribution in [3.63, 3.8) is 0 Å². The van der Waals surface area contributed by atoms with Crippen LogP contribution in [0.4, 0.5) is 11.5 Å². The lowest BCUT2D eigenvalue weighted by Gasteiger charge is -2.07. The van der Waals surface area contributed by atoms with Crippen LogP contribution in [0, 0.1) is 6.92 Å². The Morgan fingerprint density at radius 1 is 1.44 bits per heavy atom. The van der Waals surface area contributed by atoms with Crippen LogP contribution < -0.4 is 11.1 Å². The Bertz CT molecular complexity index is 586. The number of aryl methyl sites for hydroxylation is 1. The maximum atomic E-state index is 12.0. The van der Waals surface area contributed by atoms with Gasteiger partial charge in [-0.1, -0.05) is 23.2 Å². The van der Waals surface area contributed by atoms with Gasteiger partial charge in [-0.05, 0) is 19.1 Å². The van der Waals surface area contributed by atoms with Crippen molar-refractivity contribution < 1.29 is 4.79 Å². The number of anilines is 2. The van der Waals surface area contributed by atoms with E-state index in [1.807, 2.05) is 6.92 Å². The van der Waals surface area contributed by atoms with Crippen LogP contribution in [0.1, 0.15) is 15.9 Å². The van der Waals surface area contributed by atoms with Gasteiger partial charge in [-0.2, -0.15) is 5.10 Å². The van der Waals surface area contributed by atoms with Crippen molar-refractivity contribution in [1.82, 2.24) is 10.2 Å². The average molecular weight is 285 g/mol. The summed E-state index contributed by atoms with van der Waals surface area (Å²) in [5.74, 6) is 0.192. The molecule has 4 N–H and O–H groups in total. The van der Waals surface area contributed by atoms with Crippen molar-refractivity contribution in [3.05, 3.63) is 39.5 Å². The summed E-state index contributed by atoms with van der Waals surface area (Å²) in [6.07, 6.45) is 1.61. The summed E-state index contributed by atoms with van der Waals surface area (Å²) in [6, 6.07) is 2.93. The number of carbonyl (C=O) groups excluding carboxylic acids is 1. The Kier molecular flexibility index (Phi) is 3.45. The van der Waals surface area contributed by atoms with Gasteiger partial charge in [-0.25, -0.2) is 0 Å². The van der Waals surface area contributed by atoms with E-state index in [1.54, 1.807) is 6.20 Å². The molecule has 18 heavy (non-hydrogen) atoms. The van der Waals surface area contributed by atoms with E-state index in [2.05, 4.69) is 15.5 Å². The molecule has 0 aliphatic rings. The number of nitrogen functional groups attached to an aromatic ring is 1. The number of carbonyl (C=O) groups is 1. The molecule has 2 aromatic rings. The minimum absolute atomic E-state index is 0.239. The highest BCUT2D eigenvalue weighted by molar-refractivity contribution is 6.44. The van der Waals surface area contributed by atoms with Crippen molar-refractivity contribution in [2.24, 2.45) is 0 Å². The molecule has 0 saturated heterocycles. The number of nitrogens with one attached hydrogen (secondary N) is 2. The molecule has 0 radical (unpaired) electrons. The van der Waals surface area contributed by atoms with Gasteiger partial charge in [0, 0.05) is 11.1 Å². The molecule has 1 aromatic heterocycles. The Hall–Kier alpha value is -1.72. The Morgan fingerprint density at radius 3 is 2.72 bits per heavy atom. The second-order valence-corrected chi connectivity index (χ2v) is 4.53. The van der Waals surface area contributed by atoms with Crippen LogP contribution in [-0.4, -0.2) is 16.1 Å². The molecule has 0 bridgehead atoms. The zero-order valence-corrected chi connectivity index (χ0v) is 10.9. The maximum absolute atomic E-state index is 12.0. The number of nitrogens with two attached hydrogens (primary N) is 1. The summed E-state index contributed by atoms with van der Waals surface area (Å²) < 4.78 is 0. The molecule has 5 nitrogen and oxygen atoms in total. The number of aromatic amines is 1. The van der Waals surface area contributed by atoms with E-state index in [0.717, 1.165) is 5.56 Å². The standard InChI is InChI=1S/C11H10Cl2N4O/c1-5-4-15-17-10(5)16-11(18)6-2-7(12)9(13)8(14)3-6/h2-4H,14H2,1H3,(H2,15,16,17,18). The van der Waals surface area contributed by atoms with Crippen molar-refractivity contribution in [3.8, 4) is 0 Å².